The summed E-state index contributed by atoms with van der Waals surface area (Å²) in [6, 6.07) is 0. The van der Waals surface area contributed by atoms with E-state index < -0.39 is 33.2 Å². The molecule has 0 saturated carbocycles. The van der Waals surface area contributed by atoms with Crippen LogP contribution in [0.15, 0.2) is 24.9 Å². The van der Waals surface area contributed by atoms with Crippen LogP contribution in [0.5, 0.6) is 0 Å². The highest BCUT2D eigenvalue weighted by Crippen LogP contribution is 2.09. The zero-order valence-corrected chi connectivity index (χ0v) is 11.7. The molecule has 8 heteroatoms. The molecule has 0 aromatic carbocycles. The number of hydrogen-bond donors (Lipinski definition) is 3. The zero-order valence-electron chi connectivity index (χ0n) is 10.8. The van der Waals surface area contributed by atoms with Gasteiger partial charge in [0, 0.05) is 5.57 Å². The summed E-state index contributed by atoms with van der Waals surface area (Å²) in [6.07, 6.45) is 0.858. The van der Waals surface area contributed by atoms with Gasteiger partial charge in [0.2, 0.25) is 11.8 Å². The van der Waals surface area contributed by atoms with Gasteiger partial charge in [0.15, 0.2) is 5.37 Å². The first-order valence-electron chi connectivity index (χ1n) is 5.44. The highest BCUT2D eigenvalue weighted by Gasteiger charge is 2.29. The fourth-order valence-corrected chi connectivity index (χ4v) is 2.20. The molecule has 0 aromatic heterocycles. The summed E-state index contributed by atoms with van der Waals surface area (Å²) >= 11 is 0. The summed E-state index contributed by atoms with van der Waals surface area (Å²) in [7, 11) is -4.42. The van der Waals surface area contributed by atoms with Crippen molar-refractivity contribution in [2.45, 2.75) is 25.6 Å². The van der Waals surface area contributed by atoms with Crippen molar-refractivity contribution in [2.75, 3.05) is 0 Å². The molecule has 0 aliphatic rings. The van der Waals surface area contributed by atoms with E-state index in [1.165, 1.54) is 13.8 Å². The number of carbonyl (C=O) groups is 2. The van der Waals surface area contributed by atoms with Gasteiger partial charge >= 0.3 is 0 Å². The maximum Gasteiger partial charge on any atom is 0.286 e. The van der Waals surface area contributed by atoms with Crippen LogP contribution in [0.25, 0.3) is 0 Å². The number of amides is 2. The van der Waals surface area contributed by atoms with Crippen LogP contribution in [-0.2, 0) is 19.7 Å². The van der Waals surface area contributed by atoms with Gasteiger partial charge in [-0.15, -0.1) is 0 Å². The maximum atomic E-state index is 11.7. The van der Waals surface area contributed by atoms with Crippen LogP contribution >= 0.6 is 0 Å². The van der Waals surface area contributed by atoms with Crippen LogP contribution in [0.4, 0.5) is 0 Å². The normalized spacial score (nSPS) is 12.6. The van der Waals surface area contributed by atoms with Crippen LogP contribution in [0.2, 0.25) is 0 Å². The number of hydrogen-bond acceptors (Lipinski definition) is 4. The monoisotopic (exact) mass is 290 g/mol. The van der Waals surface area contributed by atoms with Crippen LogP contribution in [0.1, 0.15) is 20.3 Å². The van der Waals surface area contributed by atoms with Crippen molar-refractivity contribution in [3.8, 4) is 0 Å². The molecule has 1 unspecified atom stereocenters. The number of carbonyl (C=O) groups excluding carboxylic acids is 2. The Balaban J connectivity index is 4.71. The van der Waals surface area contributed by atoms with Gasteiger partial charge in [0.25, 0.3) is 10.1 Å². The van der Waals surface area contributed by atoms with Crippen molar-refractivity contribution in [3.05, 3.63) is 24.9 Å². The standard InChI is InChI=1S/C11H18N2O5S/c1-5-12-9(14)6-8(4)10(15)13-11(7(2)3)19(16,17)18/h5,7,11H,1,4,6H2,2-3H3,(H,12,14)(H,13,15)(H,16,17,18). The van der Waals surface area contributed by atoms with Crippen molar-refractivity contribution in [2.24, 2.45) is 5.92 Å². The molecule has 0 heterocycles. The first-order chi connectivity index (χ1) is 8.59. The third kappa shape index (κ3) is 6.16. The highest BCUT2D eigenvalue weighted by molar-refractivity contribution is 7.86. The topological polar surface area (TPSA) is 113 Å². The van der Waals surface area contributed by atoms with Gasteiger partial charge < -0.3 is 10.6 Å². The van der Waals surface area contributed by atoms with Gasteiger partial charge in [0.05, 0.1) is 6.42 Å². The van der Waals surface area contributed by atoms with E-state index in [0.717, 1.165) is 6.20 Å². The Labute approximate surface area is 112 Å². The van der Waals surface area contributed by atoms with E-state index in [4.69, 9.17) is 4.55 Å². The van der Waals surface area contributed by atoms with E-state index in [2.05, 4.69) is 23.8 Å². The molecule has 108 valence electrons. The zero-order chi connectivity index (χ0) is 15.2. The lowest BCUT2D eigenvalue weighted by Gasteiger charge is -2.19. The Morgan fingerprint density at radius 1 is 1.37 bits per heavy atom. The summed E-state index contributed by atoms with van der Waals surface area (Å²) < 4.78 is 31.1. The van der Waals surface area contributed by atoms with Gasteiger partial charge in [-0.2, -0.15) is 8.42 Å². The lowest BCUT2D eigenvalue weighted by Crippen LogP contribution is -2.44. The first-order valence-corrected chi connectivity index (χ1v) is 6.95. The molecule has 1 atom stereocenters. The lowest BCUT2D eigenvalue weighted by molar-refractivity contribution is -0.122. The third-order valence-electron chi connectivity index (χ3n) is 2.16. The summed E-state index contributed by atoms with van der Waals surface area (Å²) in [5.74, 6) is -1.84. The molecule has 0 fully saturated rings. The fraction of sp³-hybridized carbons (Fsp3) is 0.455. The Morgan fingerprint density at radius 2 is 1.89 bits per heavy atom. The molecule has 0 aliphatic heterocycles. The molecule has 0 bridgehead atoms. The average Bonchev–Trinajstić information content (AvgIpc) is 2.23. The van der Waals surface area contributed by atoms with E-state index in [1.54, 1.807) is 0 Å². The quantitative estimate of drug-likeness (QED) is 0.457. The Morgan fingerprint density at radius 3 is 2.26 bits per heavy atom. The van der Waals surface area contributed by atoms with Crippen molar-refractivity contribution >= 4 is 21.9 Å². The Hall–Kier alpha value is -1.67. The molecule has 2 amide bonds. The SMILES string of the molecule is C=CNC(=O)CC(=C)C(=O)NC(C(C)C)S(=O)(=O)O. The first kappa shape index (κ1) is 17.3. The molecule has 0 saturated heterocycles. The number of rotatable bonds is 7. The maximum absolute atomic E-state index is 11.7. The molecule has 0 aliphatic carbocycles. The van der Waals surface area contributed by atoms with E-state index in [0.29, 0.717) is 0 Å². The molecule has 0 spiro atoms. The molecule has 0 radical (unpaired) electrons. The second kappa shape index (κ2) is 7.05. The van der Waals surface area contributed by atoms with Crippen LogP contribution in [-0.4, -0.2) is 30.2 Å². The lowest BCUT2D eigenvalue weighted by atomic mass is 10.1. The second-order valence-electron chi connectivity index (χ2n) is 4.21. The minimum absolute atomic E-state index is 0.117. The Kier molecular flexibility index (Phi) is 6.43. The van der Waals surface area contributed by atoms with E-state index in [1.807, 2.05) is 0 Å². The third-order valence-corrected chi connectivity index (χ3v) is 3.46. The van der Waals surface area contributed by atoms with Gasteiger partial charge in [-0.05, 0) is 12.1 Å². The van der Waals surface area contributed by atoms with E-state index >= 15 is 0 Å². The summed E-state index contributed by atoms with van der Waals surface area (Å²) in [6.45, 7) is 9.71. The predicted molar refractivity (Wildman–Crippen MR) is 70.4 cm³/mol. The minimum Gasteiger partial charge on any atom is -0.334 e. The molecule has 7 nitrogen and oxygen atoms in total. The predicted octanol–water partition coefficient (Wildman–Crippen LogP) is 0.179. The smallest absolute Gasteiger partial charge is 0.286 e. The molecule has 0 aromatic rings. The average molecular weight is 290 g/mol. The largest absolute Gasteiger partial charge is 0.334 e. The molecular formula is C11H18N2O5S. The highest BCUT2D eigenvalue weighted by atomic mass is 32.2. The van der Waals surface area contributed by atoms with E-state index in [-0.39, 0.29) is 12.0 Å². The fourth-order valence-electron chi connectivity index (χ4n) is 1.26. The van der Waals surface area contributed by atoms with E-state index in [9.17, 15) is 18.0 Å². The van der Waals surface area contributed by atoms with Crippen LogP contribution < -0.4 is 10.6 Å². The van der Waals surface area contributed by atoms with Crippen LogP contribution in [0.3, 0.4) is 0 Å². The molecule has 3 N–H and O–H groups in total. The summed E-state index contributed by atoms with van der Waals surface area (Å²) in [5, 5.41) is 2.93. The van der Waals surface area contributed by atoms with Gasteiger partial charge in [0.1, 0.15) is 0 Å². The van der Waals surface area contributed by atoms with Crippen molar-refractivity contribution in [1.82, 2.24) is 10.6 Å². The van der Waals surface area contributed by atoms with Crippen LogP contribution in [0, 0.1) is 5.92 Å². The Bertz CT molecular complexity index is 481. The minimum atomic E-state index is -4.42. The van der Waals surface area contributed by atoms with Gasteiger partial charge in [-0.3, -0.25) is 14.1 Å². The molecule has 0 rings (SSSR count). The van der Waals surface area contributed by atoms with Crippen molar-refractivity contribution < 1.29 is 22.6 Å². The number of nitrogens with one attached hydrogen (secondary N) is 2. The van der Waals surface area contributed by atoms with Gasteiger partial charge in [-0.1, -0.05) is 27.0 Å². The summed E-state index contributed by atoms with van der Waals surface area (Å²) in [5.41, 5.74) is -0.117. The van der Waals surface area contributed by atoms with Crippen molar-refractivity contribution in [3.63, 3.8) is 0 Å². The van der Waals surface area contributed by atoms with Crippen molar-refractivity contribution in [1.29, 1.82) is 0 Å². The molecular weight excluding hydrogens is 272 g/mol. The van der Waals surface area contributed by atoms with Gasteiger partial charge in [-0.25, -0.2) is 0 Å². The second-order valence-corrected chi connectivity index (χ2v) is 5.74. The molecule has 19 heavy (non-hydrogen) atoms. The summed E-state index contributed by atoms with van der Waals surface area (Å²) in [4.78, 5) is 22.8.